The number of benzene rings is 2. The fourth-order valence-corrected chi connectivity index (χ4v) is 5.62. The summed E-state index contributed by atoms with van der Waals surface area (Å²) in [5.74, 6) is -2.47. The molecule has 43 heavy (non-hydrogen) atoms. The van der Waals surface area contributed by atoms with Crippen LogP contribution in [0.4, 0.5) is 13.2 Å². The molecule has 222 valence electrons. The van der Waals surface area contributed by atoms with E-state index in [0.717, 1.165) is 0 Å². The smallest absolute Gasteiger partial charge is 0.387 e. The molecular formula is C29H24F3N5O6. The number of rotatable bonds is 8. The third kappa shape index (κ3) is 5.02. The molecule has 6 rings (SSSR count). The molecule has 1 amide bonds. The van der Waals surface area contributed by atoms with E-state index >= 15 is 4.39 Å². The number of alkyl halides is 2. The van der Waals surface area contributed by atoms with Crippen LogP contribution in [0.3, 0.4) is 0 Å². The van der Waals surface area contributed by atoms with Crippen molar-refractivity contribution in [2.75, 3.05) is 0 Å². The van der Waals surface area contributed by atoms with Crippen LogP contribution in [0, 0.1) is 5.82 Å². The maximum absolute atomic E-state index is 15.4. The molecule has 0 saturated carbocycles. The molecule has 2 aromatic carbocycles. The minimum absolute atomic E-state index is 0.121. The van der Waals surface area contributed by atoms with E-state index in [1.54, 1.807) is 24.5 Å². The first-order valence-corrected chi connectivity index (χ1v) is 13.3. The molecule has 4 heterocycles. The second-order valence-corrected chi connectivity index (χ2v) is 10.7. The number of amides is 1. The van der Waals surface area contributed by atoms with Crippen LogP contribution in [0.15, 0.2) is 42.7 Å². The number of halogens is 3. The van der Waals surface area contributed by atoms with Crippen molar-refractivity contribution < 1.29 is 42.1 Å². The van der Waals surface area contributed by atoms with Crippen LogP contribution in [-0.4, -0.2) is 49.1 Å². The number of fused-ring (bicyclic) bond motifs is 9. The molecule has 0 fully saturated rings. The number of esters is 1. The van der Waals surface area contributed by atoms with E-state index in [0.29, 0.717) is 34.4 Å². The summed E-state index contributed by atoms with van der Waals surface area (Å²) in [6, 6.07) is 6.06. The number of carboxylic acids is 1. The van der Waals surface area contributed by atoms with Gasteiger partial charge in [-0.05, 0) is 38.5 Å². The van der Waals surface area contributed by atoms with Gasteiger partial charge in [0.25, 0.3) is 5.91 Å². The Morgan fingerprint density at radius 2 is 1.91 bits per heavy atom. The summed E-state index contributed by atoms with van der Waals surface area (Å²) < 4.78 is 53.9. The molecule has 2 aromatic heterocycles. The highest BCUT2D eigenvalue weighted by Crippen LogP contribution is 2.48. The third-order valence-corrected chi connectivity index (χ3v) is 7.47. The second-order valence-electron chi connectivity index (χ2n) is 10.7. The van der Waals surface area contributed by atoms with Gasteiger partial charge in [0.2, 0.25) is 0 Å². The molecule has 0 radical (unpaired) electrons. The molecule has 4 aromatic rings. The molecule has 0 saturated heterocycles. The number of hydrogen-bond donors (Lipinski definition) is 2. The van der Waals surface area contributed by atoms with Crippen molar-refractivity contribution in [3.63, 3.8) is 0 Å². The average Bonchev–Trinajstić information content (AvgIpc) is 3.42. The van der Waals surface area contributed by atoms with E-state index in [-0.39, 0.29) is 35.5 Å². The van der Waals surface area contributed by atoms with Gasteiger partial charge in [0.15, 0.2) is 11.4 Å². The van der Waals surface area contributed by atoms with Gasteiger partial charge >= 0.3 is 18.6 Å². The van der Waals surface area contributed by atoms with Gasteiger partial charge in [0.05, 0.1) is 36.0 Å². The van der Waals surface area contributed by atoms with Crippen LogP contribution in [0.2, 0.25) is 0 Å². The predicted octanol–water partition coefficient (Wildman–Crippen LogP) is 4.65. The van der Waals surface area contributed by atoms with Gasteiger partial charge in [0.1, 0.15) is 17.4 Å². The molecule has 0 spiro atoms. The topological polar surface area (TPSA) is 146 Å². The number of aliphatic carboxylic acids is 1. The zero-order valence-corrected chi connectivity index (χ0v) is 22.8. The van der Waals surface area contributed by atoms with Crippen LogP contribution < -0.4 is 10.1 Å². The van der Waals surface area contributed by atoms with E-state index in [9.17, 15) is 23.2 Å². The van der Waals surface area contributed by atoms with Crippen LogP contribution in [0.5, 0.6) is 5.75 Å². The van der Waals surface area contributed by atoms with Gasteiger partial charge in [-0.25, -0.2) is 19.3 Å². The average molecular weight is 596 g/mol. The van der Waals surface area contributed by atoms with Gasteiger partial charge in [-0.1, -0.05) is 6.07 Å². The summed E-state index contributed by atoms with van der Waals surface area (Å²) in [4.78, 5) is 48.9. The fraction of sp³-hybridized carbons (Fsp3) is 0.310. The maximum Gasteiger partial charge on any atom is 0.387 e. The Labute approximate surface area is 241 Å². The van der Waals surface area contributed by atoms with E-state index < -0.39 is 48.0 Å². The highest BCUT2D eigenvalue weighted by atomic mass is 19.3. The molecule has 2 aliphatic heterocycles. The minimum Gasteiger partial charge on any atom is -0.481 e. The standard InChI is InChI=1S/C29H24F3N5O6/c1-29(2,43-23(40)7-6-22(38)39)27-33-11-13(12-34-27)15-8-19-17(9-16(15)30)35-25-18-10-20(37(19)25)24-14(26(41)36-18)4-3-5-21(24)42-28(31)32/h3-5,8-9,11-12,18,20,28H,6-7,10H2,1-2H3,(H,36,41)(H,38,39)/t18-,20?/m1/s1. The summed E-state index contributed by atoms with van der Waals surface area (Å²) in [7, 11) is 0. The fourth-order valence-electron chi connectivity index (χ4n) is 5.62. The maximum atomic E-state index is 15.4. The molecule has 0 aliphatic carbocycles. The number of carbonyl (C=O) groups is 3. The zero-order valence-electron chi connectivity index (χ0n) is 22.8. The highest BCUT2D eigenvalue weighted by Gasteiger charge is 2.42. The molecule has 2 aliphatic rings. The SMILES string of the molecule is CC(C)(OC(=O)CCC(=O)O)c1ncc(-c2cc3c(cc2F)nc2n3C3C[C@H]2NC(=O)c2cccc(OC(F)F)c23)cn1. The Balaban J connectivity index is 1.37. The van der Waals surface area contributed by atoms with Crippen molar-refractivity contribution in [3.8, 4) is 16.9 Å². The number of nitrogens with zero attached hydrogens (tertiary/aromatic N) is 4. The van der Waals surface area contributed by atoms with E-state index in [2.05, 4.69) is 20.3 Å². The van der Waals surface area contributed by atoms with Crippen molar-refractivity contribution in [2.45, 2.75) is 57.4 Å². The first-order chi connectivity index (χ1) is 20.4. The summed E-state index contributed by atoms with van der Waals surface area (Å²) >= 11 is 0. The summed E-state index contributed by atoms with van der Waals surface area (Å²) in [5.41, 5.74) is 0.469. The Hall–Kier alpha value is -5.01. The molecule has 2 atom stereocenters. The molecule has 2 bridgehead atoms. The Morgan fingerprint density at radius 3 is 2.60 bits per heavy atom. The molecule has 14 heteroatoms. The molecular weight excluding hydrogens is 571 g/mol. The molecule has 11 nitrogen and oxygen atoms in total. The lowest BCUT2D eigenvalue weighted by Crippen LogP contribution is -2.28. The van der Waals surface area contributed by atoms with Gasteiger partial charge in [-0.3, -0.25) is 14.4 Å². The number of hydrogen-bond acceptors (Lipinski definition) is 8. The Bertz CT molecular complexity index is 1790. The number of carboxylic acid groups (broad SMARTS) is 1. The molecule has 2 N–H and O–H groups in total. The van der Waals surface area contributed by atoms with Crippen LogP contribution in [0.1, 0.15) is 72.8 Å². The summed E-state index contributed by atoms with van der Waals surface area (Å²) in [5, 5.41) is 11.7. The number of nitrogens with one attached hydrogen (secondary N) is 1. The van der Waals surface area contributed by atoms with E-state index in [1.807, 2.05) is 0 Å². The number of ether oxygens (including phenoxy) is 2. The highest BCUT2D eigenvalue weighted by molar-refractivity contribution is 5.98. The predicted molar refractivity (Wildman–Crippen MR) is 143 cm³/mol. The van der Waals surface area contributed by atoms with Gasteiger partial charge < -0.3 is 24.5 Å². The largest absolute Gasteiger partial charge is 0.481 e. The van der Waals surface area contributed by atoms with Crippen LogP contribution in [0.25, 0.3) is 22.2 Å². The van der Waals surface area contributed by atoms with Crippen LogP contribution in [-0.2, 0) is 19.9 Å². The van der Waals surface area contributed by atoms with Gasteiger partial charge in [-0.2, -0.15) is 8.78 Å². The zero-order chi connectivity index (χ0) is 30.6. The van der Waals surface area contributed by atoms with Gasteiger partial charge in [-0.15, -0.1) is 0 Å². The third-order valence-electron chi connectivity index (χ3n) is 7.47. The minimum atomic E-state index is -3.10. The van der Waals surface area contributed by atoms with Crippen molar-refractivity contribution in [1.29, 1.82) is 0 Å². The monoisotopic (exact) mass is 595 g/mol. The Kier molecular flexibility index (Phi) is 6.78. The molecule has 1 unspecified atom stereocenters. The van der Waals surface area contributed by atoms with E-state index in [4.69, 9.17) is 14.6 Å². The van der Waals surface area contributed by atoms with Crippen molar-refractivity contribution in [1.82, 2.24) is 24.8 Å². The van der Waals surface area contributed by atoms with Crippen molar-refractivity contribution >= 4 is 28.9 Å². The quantitative estimate of drug-likeness (QED) is 0.278. The van der Waals surface area contributed by atoms with Crippen LogP contribution >= 0.6 is 0 Å². The number of aromatic nitrogens is 4. The van der Waals surface area contributed by atoms with Crippen molar-refractivity contribution in [2.24, 2.45) is 0 Å². The lowest BCUT2D eigenvalue weighted by Gasteiger charge is -2.23. The summed E-state index contributed by atoms with van der Waals surface area (Å²) in [6.07, 6.45) is 2.38. The number of carbonyl (C=O) groups excluding carboxylic acids is 2. The second kappa shape index (κ2) is 10.4. The lowest BCUT2D eigenvalue weighted by atomic mass is 9.97. The Morgan fingerprint density at radius 1 is 1.16 bits per heavy atom. The normalized spacial score (nSPS) is 17.3. The first kappa shape index (κ1) is 28.1. The summed E-state index contributed by atoms with van der Waals surface area (Å²) in [6.45, 7) is -0.00553. The van der Waals surface area contributed by atoms with Crippen molar-refractivity contribution in [3.05, 3.63) is 71.3 Å². The van der Waals surface area contributed by atoms with E-state index in [1.165, 1.54) is 36.7 Å². The number of imidazole rings is 1. The first-order valence-electron chi connectivity index (χ1n) is 13.3. The van der Waals surface area contributed by atoms with Gasteiger partial charge in [0, 0.05) is 40.7 Å². The lowest BCUT2D eigenvalue weighted by molar-refractivity contribution is -0.160.